The van der Waals surface area contributed by atoms with Crippen molar-refractivity contribution in [1.29, 1.82) is 0 Å². The number of carbonyl (C=O) groups excluding carboxylic acids is 1. The minimum absolute atomic E-state index is 0. The molecule has 1 atom stereocenters. The van der Waals surface area contributed by atoms with Gasteiger partial charge in [0.05, 0.1) is 0 Å². The second-order valence-electron chi connectivity index (χ2n) is 4.87. The number of hydrogen-bond donors (Lipinski definition) is 2. The molecule has 106 valence electrons. The summed E-state index contributed by atoms with van der Waals surface area (Å²) in [6.07, 6.45) is 2.31. The standard InChI is InChI=1S/C14H19IN2O.ClH/c1-10-2-3-12(8-13(10)15)14(18)17-7-5-11-4-6-16-9-11;/h2-3,8,11,16H,4-7,9H2,1H3,(H,17,18);1H. The minimum atomic E-state index is 0. The van der Waals surface area contributed by atoms with E-state index in [0.29, 0.717) is 0 Å². The summed E-state index contributed by atoms with van der Waals surface area (Å²) in [5, 5.41) is 6.34. The van der Waals surface area contributed by atoms with Crippen molar-refractivity contribution in [2.24, 2.45) is 5.92 Å². The van der Waals surface area contributed by atoms with Crippen LogP contribution in [-0.2, 0) is 0 Å². The molecule has 1 unspecified atom stereocenters. The van der Waals surface area contributed by atoms with Crippen LogP contribution in [0, 0.1) is 16.4 Å². The van der Waals surface area contributed by atoms with Gasteiger partial charge in [-0.05, 0) is 79.1 Å². The molecule has 19 heavy (non-hydrogen) atoms. The van der Waals surface area contributed by atoms with E-state index < -0.39 is 0 Å². The van der Waals surface area contributed by atoms with Gasteiger partial charge < -0.3 is 10.6 Å². The minimum Gasteiger partial charge on any atom is -0.352 e. The summed E-state index contributed by atoms with van der Waals surface area (Å²) in [6.45, 7) is 5.04. The predicted molar refractivity (Wildman–Crippen MR) is 89.1 cm³/mol. The number of nitrogens with one attached hydrogen (secondary N) is 2. The molecule has 1 aliphatic heterocycles. The Labute approximate surface area is 134 Å². The van der Waals surface area contributed by atoms with Crippen molar-refractivity contribution in [2.45, 2.75) is 19.8 Å². The normalized spacial score (nSPS) is 17.9. The maximum absolute atomic E-state index is 12.0. The zero-order valence-electron chi connectivity index (χ0n) is 11.0. The Morgan fingerprint density at radius 1 is 1.53 bits per heavy atom. The molecule has 1 saturated heterocycles. The van der Waals surface area contributed by atoms with Gasteiger partial charge in [0.15, 0.2) is 0 Å². The largest absolute Gasteiger partial charge is 0.352 e. The average Bonchev–Trinajstić information content (AvgIpc) is 2.85. The molecular formula is C14H20ClIN2O. The number of aryl methyl sites for hydroxylation is 1. The first-order valence-electron chi connectivity index (χ1n) is 6.42. The smallest absolute Gasteiger partial charge is 0.251 e. The highest BCUT2D eigenvalue weighted by atomic mass is 127. The first-order chi connectivity index (χ1) is 8.66. The van der Waals surface area contributed by atoms with Gasteiger partial charge in [-0.1, -0.05) is 6.07 Å². The highest BCUT2D eigenvalue weighted by molar-refractivity contribution is 14.1. The van der Waals surface area contributed by atoms with Gasteiger partial charge in [-0.25, -0.2) is 0 Å². The molecule has 3 nitrogen and oxygen atoms in total. The second-order valence-corrected chi connectivity index (χ2v) is 6.03. The van der Waals surface area contributed by atoms with Gasteiger partial charge in [-0.2, -0.15) is 0 Å². The summed E-state index contributed by atoms with van der Waals surface area (Å²) in [7, 11) is 0. The van der Waals surface area contributed by atoms with Gasteiger partial charge in [0.2, 0.25) is 0 Å². The first kappa shape index (κ1) is 16.7. The lowest BCUT2D eigenvalue weighted by atomic mass is 10.1. The van der Waals surface area contributed by atoms with Crippen LogP contribution in [0.4, 0.5) is 0 Å². The van der Waals surface area contributed by atoms with E-state index in [1.807, 2.05) is 18.2 Å². The molecule has 0 bridgehead atoms. The van der Waals surface area contributed by atoms with Crippen LogP contribution in [0.3, 0.4) is 0 Å². The lowest BCUT2D eigenvalue weighted by Gasteiger charge is -2.10. The number of hydrogen-bond acceptors (Lipinski definition) is 2. The fourth-order valence-corrected chi connectivity index (χ4v) is 2.70. The van der Waals surface area contributed by atoms with Crippen molar-refractivity contribution in [3.8, 4) is 0 Å². The van der Waals surface area contributed by atoms with Gasteiger partial charge >= 0.3 is 0 Å². The molecule has 2 rings (SSSR count). The molecule has 1 aromatic rings. The Hall–Kier alpha value is -0.330. The van der Waals surface area contributed by atoms with Crippen LogP contribution in [0.25, 0.3) is 0 Å². The van der Waals surface area contributed by atoms with Crippen molar-refractivity contribution < 1.29 is 4.79 Å². The Balaban J connectivity index is 0.00000180. The van der Waals surface area contributed by atoms with Crippen LogP contribution in [0.5, 0.6) is 0 Å². The zero-order chi connectivity index (χ0) is 13.0. The summed E-state index contributed by atoms with van der Waals surface area (Å²) in [5.74, 6) is 0.766. The van der Waals surface area contributed by atoms with E-state index in [4.69, 9.17) is 0 Å². The van der Waals surface area contributed by atoms with Crippen molar-refractivity contribution >= 4 is 40.9 Å². The summed E-state index contributed by atoms with van der Waals surface area (Å²) < 4.78 is 1.14. The first-order valence-corrected chi connectivity index (χ1v) is 7.50. The van der Waals surface area contributed by atoms with Crippen LogP contribution in [0.1, 0.15) is 28.8 Å². The van der Waals surface area contributed by atoms with E-state index in [1.165, 1.54) is 12.0 Å². The lowest BCUT2D eigenvalue weighted by molar-refractivity contribution is 0.0951. The fourth-order valence-electron chi connectivity index (χ4n) is 2.19. The number of halogens is 2. The summed E-state index contributed by atoms with van der Waals surface area (Å²) in [5.41, 5.74) is 1.97. The van der Waals surface area contributed by atoms with Crippen LogP contribution in [0.15, 0.2) is 18.2 Å². The monoisotopic (exact) mass is 394 g/mol. The molecule has 0 radical (unpaired) electrons. The van der Waals surface area contributed by atoms with Gasteiger partial charge in [0, 0.05) is 15.7 Å². The van der Waals surface area contributed by atoms with Gasteiger partial charge in [-0.15, -0.1) is 12.4 Å². The van der Waals surface area contributed by atoms with E-state index in [1.54, 1.807) is 0 Å². The number of amides is 1. The third kappa shape index (κ3) is 4.93. The summed E-state index contributed by atoms with van der Waals surface area (Å²) in [4.78, 5) is 12.0. The lowest BCUT2D eigenvalue weighted by Crippen LogP contribution is -2.26. The Morgan fingerprint density at radius 3 is 2.95 bits per heavy atom. The van der Waals surface area contributed by atoms with E-state index in [9.17, 15) is 4.79 Å². The summed E-state index contributed by atoms with van der Waals surface area (Å²) in [6, 6.07) is 5.84. The van der Waals surface area contributed by atoms with Crippen LogP contribution < -0.4 is 10.6 Å². The van der Waals surface area contributed by atoms with E-state index in [0.717, 1.165) is 41.1 Å². The third-order valence-electron chi connectivity index (χ3n) is 3.43. The number of carbonyl (C=O) groups is 1. The highest BCUT2D eigenvalue weighted by Crippen LogP contribution is 2.14. The Morgan fingerprint density at radius 2 is 2.32 bits per heavy atom. The molecule has 0 saturated carbocycles. The highest BCUT2D eigenvalue weighted by Gasteiger charge is 2.14. The predicted octanol–water partition coefficient (Wildman–Crippen LogP) is 2.75. The zero-order valence-corrected chi connectivity index (χ0v) is 14.0. The molecule has 0 aromatic heterocycles. The molecular weight excluding hydrogens is 375 g/mol. The van der Waals surface area contributed by atoms with E-state index >= 15 is 0 Å². The number of benzene rings is 1. The second kappa shape index (κ2) is 8.07. The Kier molecular flexibility index (Phi) is 7.10. The molecule has 1 aliphatic rings. The van der Waals surface area contributed by atoms with Crippen molar-refractivity contribution in [2.75, 3.05) is 19.6 Å². The molecule has 1 aromatic carbocycles. The molecule has 5 heteroatoms. The molecule has 2 N–H and O–H groups in total. The van der Waals surface area contributed by atoms with Gasteiger partial charge in [-0.3, -0.25) is 4.79 Å². The van der Waals surface area contributed by atoms with Gasteiger partial charge in [0.25, 0.3) is 5.91 Å². The average molecular weight is 395 g/mol. The molecule has 0 aliphatic carbocycles. The van der Waals surface area contributed by atoms with Crippen LogP contribution in [0.2, 0.25) is 0 Å². The maximum Gasteiger partial charge on any atom is 0.251 e. The maximum atomic E-state index is 12.0. The van der Waals surface area contributed by atoms with E-state index in [2.05, 4.69) is 40.1 Å². The van der Waals surface area contributed by atoms with Crippen LogP contribution in [-0.4, -0.2) is 25.5 Å². The molecule has 1 heterocycles. The molecule has 1 fully saturated rings. The van der Waals surface area contributed by atoms with Crippen LogP contribution >= 0.6 is 35.0 Å². The topological polar surface area (TPSA) is 41.1 Å². The van der Waals surface area contributed by atoms with Crippen molar-refractivity contribution in [1.82, 2.24) is 10.6 Å². The summed E-state index contributed by atoms with van der Waals surface area (Å²) >= 11 is 2.26. The fraction of sp³-hybridized carbons (Fsp3) is 0.500. The van der Waals surface area contributed by atoms with E-state index in [-0.39, 0.29) is 18.3 Å². The third-order valence-corrected chi connectivity index (χ3v) is 4.60. The molecule has 0 spiro atoms. The van der Waals surface area contributed by atoms with Crippen molar-refractivity contribution in [3.63, 3.8) is 0 Å². The molecule has 1 amide bonds. The van der Waals surface area contributed by atoms with Gasteiger partial charge in [0.1, 0.15) is 0 Å². The van der Waals surface area contributed by atoms with Crippen molar-refractivity contribution in [3.05, 3.63) is 32.9 Å². The SMILES string of the molecule is Cc1ccc(C(=O)NCCC2CCNC2)cc1I.Cl. The number of rotatable bonds is 4. The Bertz CT molecular complexity index is 433. The quantitative estimate of drug-likeness (QED) is 0.771.